The maximum absolute atomic E-state index is 12.9. The third-order valence-corrected chi connectivity index (χ3v) is 11.9. The number of ether oxygens (including phenoxy) is 10. The standard InChI is InChI=1S/C56H66F6N6O14/c1-37-27-43(51-63-53(81-67-51)55(57,58)59)28-38(2)49(37)77-13-5-7-47-31-45(65-79-47)35-75-25-21-71-17-15-69-19-23-73-33-41-9-11-42(12-10-41)34-74-24-20-70-16-18-72-22-26-76-36-46-32-48(80-66-46)8-6-14-78-50-39(3)29-44(30-40(50)4)52-64-54(82-68-52)56(60,61)62/h9-12,27-32H,5-8,13-26,33-36H2,1-4H3. The van der Waals surface area contributed by atoms with Crippen LogP contribution in [0.5, 0.6) is 11.5 Å². The van der Waals surface area contributed by atoms with E-state index in [0.29, 0.717) is 177 Å². The highest BCUT2D eigenvalue weighted by Crippen LogP contribution is 2.34. The van der Waals surface area contributed by atoms with E-state index in [1.807, 2.05) is 36.4 Å². The molecule has 4 heterocycles. The van der Waals surface area contributed by atoms with Gasteiger partial charge in [-0.3, -0.25) is 0 Å². The minimum atomic E-state index is -4.71. The first-order chi connectivity index (χ1) is 39.6. The number of aromatic nitrogens is 6. The average molecular weight is 1160 g/mol. The quantitative estimate of drug-likeness (QED) is 0.0259. The molecule has 0 amide bonds. The molecule has 3 aromatic carbocycles. The summed E-state index contributed by atoms with van der Waals surface area (Å²) in [5, 5.41) is 15.0. The molecule has 26 heteroatoms. The second-order valence-electron chi connectivity index (χ2n) is 18.7. The maximum Gasteiger partial charge on any atom is 0.471 e. The summed E-state index contributed by atoms with van der Waals surface area (Å²) in [5.41, 5.74) is 7.14. The Balaban J connectivity index is 0.603. The van der Waals surface area contributed by atoms with Gasteiger partial charge in [0.15, 0.2) is 0 Å². The van der Waals surface area contributed by atoms with E-state index in [1.165, 1.54) is 0 Å². The number of aryl methyl sites for hydroxylation is 6. The van der Waals surface area contributed by atoms with E-state index in [2.05, 4.69) is 39.6 Å². The summed E-state index contributed by atoms with van der Waals surface area (Å²) in [5.74, 6) is -0.423. The fourth-order valence-corrected chi connectivity index (χ4v) is 8.03. The van der Waals surface area contributed by atoms with Crippen molar-refractivity contribution in [2.45, 2.75) is 92.2 Å². The van der Waals surface area contributed by atoms with Gasteiger partial charge in [-0.25, -0.2) is 0 Å². The van der Waals surface area contributed by atoms with Crippen LogP contribution in [0.2, 0.25) is 0 Å². The highest BCUT2D eigenvalue weighted by Gasteiger charge is 2.39. The summed E-state index contributed by atoms with van der Waals surface area (Å²) in [6.07, 6.45) is -6.96. The van der Waals surface area contributed by atoms with Crippen LogP contribution < -0.4 is 9.47 Å². The SMILES string of the molecule is Cc1cc(-c2noc(C(F)(F)F)n2)cc(C)c1OCCCc1cc(COCCOCCOCCOCc2ccc(COCCOCCOCCOCc3cc(CCCOc4c(C)cc(-c5noc(C(F)(F)F)n5)cc4C)on3)cc2)no1. The van der Waals surface area contributed by atoms with E-state index in [9.17, 15) is 26.3 Å². The molecule has 0 saturated heterocycles. The zero-order valence-corrected chi connectivity index (χ0v) is 46.0. The molecule has 0 unspecified atom stereocenters. The van der Waals surface area contributed by atoms with Crippen LogP contribution >= 0.6 is 0 Å². The van der Waals surface area contributed by atoms with Gasteiger partial charge in [-0.2, -0.15) is 36.3 Å². The van der Waals surface area contributed by atoms with Crippen molar-refractivity contribution in [1.29, 1.82) is 0 Å². The molecule has 0 aliphatic heterocycles. The minimum absolute atomic E-state index is 0.145. The third kappa shape index (κ3) is 20.9. The van der Waals surface area contributed by atoms with Crippen molar-refractivity contribution in [3.8, 4) is 34.3 Å². The Morgan fingerprint density at radius 3 is 1.01 bits per heavy atom. The fraction of sp³-hybridized carbons (Fsp3) is 0.500. The van der Waals surface area contributed by atoms with Gasteiger partial charge in [-0.1, -0.05) is 44.9 Å². The normalized spacial score (nSPS) is 12.0. The third-order valence-electron chi connectivity index (χ3n) is 11.9. The number of hydrogen-bond acceptors (Lipinski definition) is 20. The predicted molar refractivity (Wildman–Crippen MR) is 277 cm³/mol. The summed E-state index contributed by atoms with van der Waals surface area (Å²) >= 11 is 0. The van der Waals surface area contributed by atoms with Gasteiger partial charge in [0.25, 0.3) is 0 Å². The molecule has 0 radical (unpaired) electrons. The molecule has 0 bridgehead atoms. The van der Waals surface area contributed by atoms with Gasteiger partial charge in [-0.05, 0) is 98.2 Å². The number of hydrogen-bond donors (Lipinski definition) is 0. The molecule has 0 aliphatic carbocycles. The van der Waals surface area contributed by atoms with Crippen LogP contribution in [-0.2, 0) is 89.5 Å². The fourth-order valence-electron chi connectivity index (χ4n) is 8.03. The first-order valence-corrected chi connectivity index (χ1v) is 26.5. The number of nitrogens with zero attached hydrogens (tertiary/aromatic N) is 6. The molecule has 0 fully saturated rings. The van der Waals surface area contributed by atoms with Crippen molar-refractivity contribution in [1.82, 2.24) is 30.6 Å². The van der Waals surface area contributed by atoms with Crippen LogP contribution in [-0.4, -0.2) is 123 Å². The zero-order valence-electron chi connectivity index (χ0n) is 46.0. The molecule has 7 rings (SSSR count). The Bertz CT molecular complexity index is 2740. The monoisotopic (exact) mass is 1160 g/mol. The molecule has 0 N–H and O–H groups in total. The highest BCUT2D eigenvalue weighted by molar-refractivity contribution is 5.62. The van der Waals surface area contributed by atoms with Crippen molar-refractivity contribution in [3.05, 3.63) is 129 Å². The van der Waals surface area contributed by atoms with Crippen LogP contribution in [0, 0.1) is 27.7 Å². The molecule has 20 nitrogen and oxygen atoms in total. The van der Waals surface area contributed by atoms with Gasteiger partial charge >= 0.3 is 24.1 Å². The summed E-state index contributed by atoms with van der Waals surface area (Å²) in [6.45, 7) is 14.5. The van der Waals surface area contributed by atoms with Crippen LogP contribution in [0.3, 0.4) is 0 Å². The highest BCUT2D eigenvalue weighted by atomic mass is 19.4. The molecular formula is C56H66F6N6O14. The van der Waals surface area contributed by atoms with Gasteiger partial charge in [0.05, 0.1) is 119 Å². The Morgan fingerprint density at radius 2 is 0.695 bits per heavy atom. The van der Waals surface area contributed by atoms with Gasteiger partial charge < -0.3 is 65.5 Å². The van der Waals surface area contributed by atoms with Crippen molar-refractivity contribution >= 4 is 0 Å². The molecule has 4 aromatic heterocycles. The summed E-state index contributed by atoms with van der Waals surface area (Å²) in [7, 11) is 0. The molecule has 0 spiro atoms. The van der Waals surface area contributed by atoms with Crippen LogP contribution in [0.25, 0.3) is 22.8 Å². The lowest BCUT2D eigenvalue weighted by molar-refractivity contribution is -0.160. The summed E-state index contributed by atoms with van der Waals surface area (Å²) in [4.78, 5) is 6.92. The molecule has 0 saturated carbocycles. The summed E-state index contributed by atoms with van der Waals surface area (Å²) in [6, 6.07) is 18.3. The zero-order chi connectivity index (χ0) is 58.2. The van der Waals surface area contributed by atoms with Gasteiger partial charge in [0, 0.05) is 36.1 Å². The number of benzene rings is 3. The van der Waals surface area contributed by atoms with E-state index in [-0.39, 0.29) is 24.9 Å². The average Bonchev–Trinajstić information content (AvgIpc) is 4.41. The number of alkyl halides is 6. The Hall–Kier alpha value is -6.78. The number of rotatable bonds is 38. The molecule has 446 valence electrons. The lowest BCUT2D eigenvalue weighted by Crippen LogP contribution is -2.12. The Labute approximate surface area is 468 Å². The van der Waals surface area contributed by atoms with Crippen molar-refractivity contribution < 1.29 is 91.8 Å². The molecule has 0 aliphatic rings. The van der Waals surface area contributed by atoms with Crippen molar-refractivity contribution in [2.75, 3.05) is 92.5 Å². The van der Waals surface area contributed by atoms with E-state index in [1.54, 1.807) is 52.0 Å². The molecule has 82 heavy (non-hydrogen) atoms. The number of halogens is 6. The minimum Gasteiger partial charge on any atom is -0.493 e. The van der Waals surface area contributed by atoms with Crippen molar-refractivity contribution in [2.24, 2.45) is 0 Å². The van der Waals surface area contributed by atoms with Gasteiger partial charge in [0.1, 0.15) is 34.4 Å². The van der Waals surface area contributed by atoms with E-state index >= 15 is 0 Å². The Kier molecular flexibility index (Phi) is 24.6. The van der Waals surface area contributed by atoms with Crippen LogP contribution in [0.15, 0.2) is 78.8 Å². The molecular weight excluding hydrogens is 1090 g/mol. The molecule has 7 aromatic rings. The smallest absolute Gasteiger partial charge is 0.471 e. The lowest BCUT2D eigenvalue weighted by Gasteiger charge is -2.13. The maximum atomic E-state index is 12.9. The van der Waals surface area contributed by atoms with Crippen LogP contribution in [0.4, 0.5) is 26.3 Å². The second kappa shape index (κ2) is 32.2. The van der Waals surface area contributed by atoms with Gasteiger partial charge in [0.2, 0.25) is 11.6 Å². The Morgan fingerprint density at radius 1 is 0.378 bits per heavy atom. The first-order valence-electron chi connectivity index (χ1n) is 26.5. The first kappa shape index (κ1) is 62.8. The van der Waals surface area contributed by atoms with Gasteiger partial charge in [-0.15, -0.1) is 0 Å². The van der Waals surface area contributed by atoms with Crippen LogP contribution in [0.1, 0.15) is 80.9 Å². The largest absolute Gasteiger partial charge is 0.493 e. The van der Waals surface area contributed by atoms with Crippen molar-refractivity contribution in [3.63, 3.8) is 0 Å². The summed E-state index contributed by atoms with van der Waals surface area (Å²) < 4.78 is 154. The van der Waals surface area contributed by atoms with E-state index < -0.39 is 24.1 Å². The lowest BCUT2D eigenvalue weighted by atomic mass is 10.1. The van der Waals surface area contributed by atoms with E-state index in [4.69, 9.17) is 56.4 Å². The second-order valence-corrected chi connectivity index (χ2v) is 18.7. The predicted octanol–water partition coefficient (Wildman–Crippen LogP) is 10.6. The van der Waals surface area contributed by atoms with E-state index in [0.717, 1.165) is 33.4 Å². The molecule has 0 atom stereocenters. The topological polar surface area (TPSA) is 222 Å².